The number of sulfonamides is 1. The molecule has 10 nitrogen and oxygen atoms in total. The molecule has 1 atom stereocenters. The molecule has 37 heavy (non-hydrogen) atoms. The van der Waals surface area contributed by atoms with Crippen molar-refractivity contribution in [2.75, 3.05) is 44.0 Å². The molecule has 0 saturated heterocycles. The van der Waals surface area contributed by atoms with E-state index >= 15 is 0 Å². The largest absolute Gasteiger partial charge is 0.497 e. The Labute approximate surface area is 218 Å². The van der Waals surface area contributed by atoms with E-state index in [1.54, 1.807) is 37.4 Å². The monoisotopic (exact) mass is 533 g/mol. The summed E-state index contributed by atoms with van der Waals surface area (Å²) in [5.74, 6) is 0.794. The molecule has 11 heteroatoms. The van der Waals surface area contributed by atoms with Crippen molar-refractivity contribution in [2.24, 2.45) is 0 Å². The number of nitrogens with one attached hydrogen (secondary N) is 1. The van der Waals surface area contributed by atoms with Crippen LogP contribution < -0.4 is 23.8 Å². The summed E-state index contributed by atoms with van der Waals surface area (Å²) < 4.78 is 42.9. The lowest BCUT2D eigenvalue weighted by atomic mass is 10.1. The molecule has 0 aromatic heterocycles. The highest BCUT2D eigenvalue weighted by molar-refractivity contribution is 7.92. The topological polar surface area (TPSA) is 114 Å². The summed E-state index contributed by atoms with van der Waals surface area (Å²) in [4.78, 5) is 28.2. The van der Waals surface area contributed by atoms with Crippen LogP contribution in [0.25, 0.3) is 0 Å². The molecule has 0 unspecified atom stereocenters. The van der Waals surface area contributed by atoms with E-state index in [-0.39, 0.29) is 18.1 Å². The Balaban J connectivity index is 1.93. The molecule has 3 rings (SSSR count). The lowest BCUT2D eigenvalue weighted by Gasteiger charge is -2.33. The number of benzene rings is 2. The first-order valence-electron chi connectivity index (χ1n) is 12.2. The van der Waals surface area contributed by atoms with Crippen LogP contribution in [-0.2, 0) is 26.2 Å². The van der Waals surface area contributed by atoms with Crippen LogP contribution in [0, 0.1) is 0 Å². The number of methoxy groups -OCH3 is 1. The maximum atomic E-state index is 13.7. The van der Waals surface area contributed by atoms with E-state index in [0.29, 0.717) is 43.4 Å². The molecule has 2 aromatic rings. The van der Waals surface area contributed by atoms with Crippen LogP contribution in [0.15, 0.2) is 42.5 Å². The third kappa shape index (κ3) is 7.28. The average molecular weight is 534 g/mol. The highest BCUT2D eigenvalue weighted by Crippen LogP contribution is 2.34. The van der Waals surface area contributed by atoms with Gasteiger partial charge in [-0.1, -0.05) is 26.0 Å². The molecule has 202 valence electrons. The average Bonchev–Trinajstić information content (AvgIpc) is 2.89. The number of rotatable bonds is 12. The zero-order valence-corrected chi connectivity index (χ0v) is 22.5. The Hall–Kier alpha value is -3.47. The van der Waals surface area contributed by atoms with E-state index in [4.69, 9.17) is 14.2 Å². The van der Waals surface area contributed by atoms with E-state index in [0.717, 1.165) is 22.5 Å². The maximum Gasteiger partial charge on any atom is 0.244 e. The summed E-state index contributed by atoms with van der Waals surface area (Å²) >= 11 is 0. The van der Waals surface area contributed by atoms with Crippen molar-refractivity contribution >= 4 is 27.5 Å². The Morgan fingerprint density at radius 3 is 2.32 bits per heavy atom. The molecule has 0 radical (unpaired) electrons. The van der Waals surface area contributed by atoms with Crippen molar-refractivity contribution in [3.05, 3.63) is 48.0 Å². The van der Waals surface area contributed by atoms with Gasteiger partial charge >= 0.3 is 0 Å². The number of anilines is 1. The lowest BCUT2D eigenvalue weighted by molar-refractivity contribution is -0.140. The number of hydrogen-bond donors (Lipinski definition) is 1. The van der Waals surface area contributed by atoms with Gasteiger partial charge < -0.3 is 24.4 Å². The first-order chi connectivity index (χ1) is 17.7. The Morgan fingerprint density at radius 1 is 1.05 bits per heavy atom. The molecule has 1 aliphatic heterocycles. The van der Waals surface area contributed by atoms with Gasteiger partial charge in [-0.05, 0) is 42.7 Å². The number of carbonyl (C=O) groups excluding carboxylic acids is 2. The van der Waals surface area contributed by atoms with E-state index in [2.05, 4.69) is 5.32 Å². The highest BCUT2D eigenvalue weighted by Gasteiger charge is 2.32. The SMILES string of the molecule is CCCNC(=O)[C@H](CC)N(Cc1ccc(OC)cc1)C(=O)CN(c1ccc2c(c1)OCCO2)S(C)(=O)=O. The molecule has 0 spiro atoms. The molecule has 0 aliphatic carbocycles. The minimum Gasteiger partial charge on any atom is -0.497 e. The van der Waals surface area contributed by atoms with Crippen molar-refractivity contribution in [3.63, 3.8) is 0 Å². The van der Waals surface area contributed by atoms with Crippen molar-refractivity contribution < 1.29 is 32.2 Å². The summed E-state index contributed by atoms with van der Waals surface area (Å²) in [6, 6.07) is 11.1. The smallest absolute Gasteiger partial charge is 0.244 e. The third-order valence-electron chi connectivity index (χ3n) is 5.94. The predicted molar refractivity (Wildman–Crippen MR) is 141 cm³/mol. The number of fused-ring (bicyclic) bond motifs is 1. The highest BCUT2D eigenvalue weighted by atomic mass is 32.2. The molecule has 2 aromatic carbocycles. The normalized spacial score (nSPS) is 13.4. The predicted octanol–water partition coefficient (Wildman–Crippen LogP) is 2.57. The Bertz CT molecular complexity index is 1190. The first-order valence-corrected chi connectivity index (χ1v) is 14.1. The number of hydrogen-bond acceptors (Lipinski definition) is 7. The van der Waals surface area contributed by atoms with Gasteiger partial charge in [0, 0.05) is 19.2 Å². The van der Waals surface area contributed by atoms with Gasteiger partial charge in [-0.25, -0.2) is 8.42 Å². The lowest BCUT2D eigenvalue weighted by Crippen LogP contribution is -2.52. The fourth-order valence-corrected chi connectivity index (χ4v) is 4.86. The van der Waals surface area contributed by atoms with Crippen molar-refractivity contribution in [1.29, 1.82) is 0 Å². The molecule has 0 fully saturated rings. The summed E-state index contributed by atoms with van der Waals surface area (Å²) in [7, 11) is -2.29. The second-order valence-electron chi connectivity index (χ2n) is 8.68. The van der Waals surface area contributed by atoms with Crippen LogP contribution >= 0.6 is 0 Å². The molecular weight excluding hydrogens is 498 g/mol. The fourth-order valence-electron chi connectivity index (χ4n) is 4.01. The molecule has 1 N–H and O–H groups in total. The number of ether oxygens (including phenoxy) is 3. The Morgan fingerprint density at radius 2 is 1.73 bits per heavy atom. The van der Waals surface area contributed by atoms with Crippen molar-refractivity contribution in [3.8, 4) is 17.2 Å². The van der Waals surface area contributed by atoms with Gasteiger partial charge in [0.1, 0.15) is 31.5 Å². The van der Waals surface area contributed by atoms with E-state index in [1.165, 1.54) is 4.90 Å². The van der Waals surface area contributed by atoms with E-state index in [9.17, 15) is 18.0 Å². The molecular formula is C26H35N3O7S. The van der Waals surface area contributed by atoms with Crippen molar-refractivity contribution in [1.82, 2.24) is 10.2 Å². The number of amides is 2. The molecule has 2 amide bonds. The molecule has 1 aliphatic rings. The van der Waals surface area contributed by atoms with Crippen molar-refractivity contribution in [2.45, 2.75) is 39.3 Å². The first kappa shape index (κ1) is 28.1. The van der Waals surface area contributed by atoms with Gasteiger partial charge in [0.2, 0.25) is 21.8 Å². The van der Waals surface area contributed by atoms with Crippen LogP contribution in [-0.4, -0.2) is 70.8 Å². The van der Waals surface area contributed by atoms with Crippen LogP contribution in [0.3, 0.4) is 0 Å². The van der Waals surface area contributed by atoms with Gasteiger partial charge in [0.25, 0.3) is 0 Å². The van der Waals surface area contributed by atoms with E-state index in [1.807, 2.05) is 26.0 Å². The number of nitrogens with zero attached hydrogens (tertiary/aromatic N) is 2. The van der Waals surface area contributed by atoms with Gasteiger partial charge in [-0.15, -0.1) is 0 Å². The second kappa shape index (κ2) is 12.7. The van der Waals surface area contributed by atoms with Crippen LogP contribution in [0.1, 0.15) is 32.3 Å². The minimum atomic E-state index is -3.85. The van der Waals surface area contributed by atoms with Gasteiger partial charge in [0.15, 0.2) is 11.5 Å². The van der Waals surface area contributed by atoms with Crippen LogP contribution in [0.4, 0.5) is 5.69 Å². The summed E-state index contributed by atoms with van der Waals surface area (Å²) in [5.41, 5.74) is 1.05. The quantitative estimate of drug-likeness (QED) is 0.446. The van der Waals surface area contributed by atoms with Crippen LogP contribution in [0.5, 0.6) is 17.2 Å². The van der Waals surface area contributed by atoms with Gasteiger partial charge in [0.05, 0.1) is 19.1 Å². The van der Waals surface area contributed by atoms with Crippen LogP contribution in [0.2, 0.25) is 0 Å². The molecule has 0 bridgehead atoms. The zero-order chi connectivity index (χ0) is 27.0. The third-order valence-corrected chi connectivity index (χ3v) is 7.08. The zero-order valence-electron chi connectivity index (χ0n) is 21.7. The van der Waals surface area contributed by atoms with E-state index < -0.39 is 28.5 Å². The minimum absolute atomic E-state index is 0.125. The summed E-state index contributed by atoms with van der Waals surface area (Å²) in [6.45, 7) is 4.63. The Kier molecular flexibility index (Phi) is 9.62. The maximum absolute atomic E-state index is 13.7. The summed E-state index contributed by atoms with van der Waals surface area (Å²) in [5, 5.41) is 2.86. The summed E-state index contributed by atoms with van der Waals surface area (Å²) in [6.07, 6.45) is 2.15. The van der Waals surface area contributed by atoms with Gasteiger partial charge in [-0.2, -0.15) is 0 Å². The standard InChI is InChI=1S/C26H35N3O7S/c1-5-13-27-26(31)22(6-2)28(17-19-7-10-21(34-3)11-8-19)25(30)18-29(37(4,32)33)20-9-12-23-24(16-20)36-15-14-35-23/h7-12,16,22H,5-6,13-15,17-18H2,1-4H3,(H,27,31)/t22-/m0/s1. The molecule has 0 saturated carbocycles. The fraction of sp³-hybridized carbons (Fsp3) is 0.462. The number of carbonyl (C=O) groups is 2. The molecule has 1 heterocycles. The van der Waals surface area contributed by atoms with Gasteiger partial charge in [-0.3, -0.25) is 13.9 Å². The second-order valence-corrected chi connectivity index (χ2v) is 10.6.